The van der Waals surface area contributed by atoms with E-state index in [-0.39, 0.29) is 17.9 Å². The number of benzene rings is 1. The monoisotopic (exact) mass is 370 g/mol. The van der Waals surface area contributed by atoms with Gasteiger partial charge in [-0.2, -0.15) is 0 Å². The summed E-state index contributed by atoms with van der Waals surface area (Å²) in [5.74, 6) is -2.14. The van der Waals surface area contributed by atoms with Gasteiger partial charge in [-0.15, -0.1) is 8.78 Å². The van der Waals surface area contributed by atoms with Crippen LogP contribution < -0.4 is 14.8 Å². The molecule has 140 valence electrons. The van der Waals surface area contributed by atoms with Crippen LogP contribution in [-0.4, -0.2) is 40.3 Å². The lowest BCUT2D eigenvalue weighted by atomic mass is 10.0. The number of β-lactam (4-membered cyclic amide) rings is 1. The standard InChI is InChI=1S/C16H16F2N2O6/c1-2-3-9(19-15(24)20-10(14(22)23)7-13(20)21)8-4-5-11-12(6-8)26-16(17,18)25-11/h4-6,9-10H,2-3,7H2,1H3,(H,19,24)(H,22,23). The highest BCUT2D eigenvalue weighted by atomic mass is 19.3. The topological polar surface area (TPSA) is 105 Å². The van der Waals surface area contributed by atoms with Gasteiger partial charge in [-0.1, -0.05) is 19.4 Å². The first-order valence-corrected chi connectivity index (χ1v) is 7.97. The number of carboxylic acids is 1. The van der Waals surface area contributed by atoms with Gasteiger partial charge in [-0.25, -0.2) is 14.5 Å². The maximum atomic E-state index is 13.1. The molecule has 0 aromatic heterocycles. The summed E-state index contributed by atoms with van der Waals surface area (Å²) in [6.45, 7) is 1.86. The highest BCUT2D eigenvalue weighted by molar-refractivity contribution is 6.05. The maximum absolute atomic E-state index is 13.1. The number of nitrogens with one attached hydrogen (secondary N) is 1. The quantitative estimate of drug-likeness (QED) is 0.770. The molecule has 2 aliphatic heterocycles. The summed E-state index contributed by atoms with van der Waals surface area (Å²) in [4.78, 5) is 35.6. The number of likely N-dealkylation sites (tertiary alicyclic amines) is 1. The predicted molar refractivity (Wildman–Crippen MR) is 81.7 cm³/mol. The number of imide groups is 1. The van der Waals surface area contributed by atoms with Gasteiger partial charge in [0.05, 0.1) is 12.5 Å². The van der Waals surface area contributed by atoms with Gasteiger partial charge in [0.2, 0.25) is 5.91 Å². The highest BCUT2D eigenvalue weighted by Gasteiger charge is 2.46. The van der Waals surface area contributed by atoms with Crippen LogP contribution in [0.15, 0.2) is 18.2 Å². The van der Waals surface area contributed by atoms with E-state index in [1.54, 1.807) is 0 Å². The molecule has 3 rings (SSSR count). The summed E-state index contributed by atoms with van der Waals surface area (Å²) in [6.07, 6.45) is -2.89. The molecule has 0 radical (unpaired) electrons. The van der Waals surface area contributed by atoms with E-state index in [9.17, 15) is 23.2 Å². The van der Waals surface area contributed by atoms with Crippen LogP contribution >= 0.6 is 0 Å². The van der Waals surface area contributed by atoms with Crippen LogP contribution in [0, 0.1) is 0 Å². The molecule has 0 aliphatic carbocycles. The van der Waals surface area contributed by atoms with E-state index >= 15 is 0 Å². The highest BCUT2D eigenvalue weighted by Crippen LogP contribution is 2.42. The molecule has 1 saturated heterocycles. The third kappa shape index (κ3) is 3.26. The number of alkyl halides is 2. The van der Waals surface area contributed by atoms with E-state index in [2.05, 4.69) is 14.8 Å². The van der Waals surface area contributed by atoms with Crippen molar-refractivity contribution in [3.63, 3.8) is 0 Å². The van der Waals surface area contributed by atoms with E-state index in [1.165, 1.54) is 18.2 Å². The molecule has 2 aliphatic rings. The third-order valence-electron chi connectivity index (χ3n) is 4.15. The first kappa shape index (κ1) is 17.9. The smallest absolute Gasteiger partial charge is 0.480 e. The molecule has 26 heavy (non-hydrogen) atoms. The predicted octanol–water partition coefficient (Wildman–Crippen LogP) is 2.24. The van der Waals surface area contributed by atoms with Crippen molar-refractivity contribution in [2.24, 2.45) is 0 Å². The van der Waals surface area contributed by atoms with Crippen LogP contribution in [0.2, 0.25) is 0 Å². The number of carbonyl (C=O) groups excluding carboxylic acids is 2. The van der Waals surface area contributed by atoms with Crippen molar-refractivity contribution < 1.29 is 37.7 Å². The van der Waals surface area contributed by atoms with Crippen molar-refractivity contribution in [2.75, 3.05) is 0 Å². The first-order valence-electron chi connectivity index (χ1n) is 7.97. The Morgan fingerprint density at radius 1 is 1.38 bits per heavy atom. The van der Waals surface area contributed by atoms with Crippen LogP contribution in [0.5, 0.6) is 11.5 Å². The zero-order valence-electron chi connectivity index (χ0n) is 13.7. The second kappa shape index (κ2) is 6.43. The number of halogens is 2. The summed E-state index contributed by atoms with van der Waals surface area (Å²) < 4.78 is 35.0. The number of urea groups is 1. The Morgan fingerprint density at radius 2 is 2.08 bits per heavy atom. The zero-order valence-corrected chi connectivity index (χ0v) is 13.7. The molecule has 1 fully saturated rings. The Morgan fingerprint density at radius 3 is 2.69 bits per heavy atom. The second-order valence-corrected chi connectivity index (χ2v) is 5.99. The van der Waals surface area contributed by atoms with Crippen LogP contribution in [0.1, 0.15) is 37.8 Å². The Labute approximate surface area is 146 Å². The molecular formula is C16H16F2N2O6. The van der Waals surface area contributed by atoms with Crippen molar-refractivity contribution >= 4 is 17.9 Å². The molecule has 0 saturated carbocycles. The van der Waals surface area contributed by atoms with Crippen molar-refractivity contribution in [1.29, 1.82) is 0 Å². The number of aliphatic carboxylic acids is 1. The Bertz CT molecular complexity index is 769. The maximum Gasteiger partial charge on any atom is 0.586 e. The fourth-order valence-electron chi connectivity index (χ4n) is 2.88. The number of carboxylic acid groups (broad SMARTS) is 1. The van der Waals surface area contributed by atoms with Crippen LogP contribution in [0.3, 0.4) is 0 Å². The second-order valence-electron chi connectivity index (χ2n) is 5.99. The lowest BCUT2D eigenvalue weighted by molar-refractivity contribution is -0.286. The summed E-state index contributed by atoms with van der Waals surface area (Å²) in [7, 11) is 0. The SMILES string of the molecule is CCCC(NC(=O)N1C(=O)CC1C(=O)O)c1ccc2c(c1)OC(F)(F)O2. The minimum Gasteiger partial charge on any atom is -0.480 e. The fraction of sp³-hybridized carbons (Fsp3) is 0.438. The third-order valence-corrected chi connectivity index (χ3v) is 4.15. The molecule has 1 aromatic rings. The molecule has 2 atom stereocenters. The van der Waals surface area contributed by atoms with E-state index in [4.69, 9.17) is 5.11 Å². The number of fused-ring (bicyclic) bond motifs is 1. The molecule has 0 spiro atoms. The molecule has 2 heterocycles. The van der Waals surface area contributed by atoms with E-state index in [0.717, 1.165) is 0 Å². The number of carbonyl (C=O) groups is 3. The van der Waals surface area contributed by atoms with Crippen LogP contribution in [-0.2, 0) is 9.59 Å². The lowest BCUT2D eigenvalue weighted by Gasteiger charge is -2.36. The fourth-order valence-corrected chi connectivity index (χ4v) is 2.88. The number of nitrogens with zero attached hydrogens (tertiary/aromatic N) is 1. The number of ether oxygens (including phenoxy) is 2. The number of hydrogen-bond donors (Lipinski definition) is 2. The van der Waals surface area contributed by atoms with Gasteiger partial charge in [0.25, 0.3) is 0 Å². The van der Waals surface area contributed by atoms with Gasteiger partial charge < -0.3 is 19.9 Å². The van der Waals surface area contributed by atoms with Crippen molar-refractivity contribution in [2.45, 2.75) is 44.6 Å². The van der Waals surface area contributed by atoms with Crippen LogP contribution in [0.25, 0.3) is 0 Å². The van der Waals surface area contributed by atoms with Crippen molar-refractivity contribution in [3.8, 4) is 11.5 Å². The Balaban J connectivity index is 1.77. The summed E-state index contributed by atoms with van der Waals surface area (Å²) in [5, 5.41) is 11.6. The lowest BCUT2D eigenvalue weighted by Crippen LogP contribution is -2.62. The molecular weight excluding hydrogens is 354 g/mol. The normalized spacial score (nSPS) is 21.1. The molecule has 3 amide bonds. The number of hydrogen-bond acceptors (Lipinski definition) is 5. The summed E-state index contributed by atoms with van der Waals surface area (Å²) in [5.41, 5.74) is 0.472. The van der Waals surface area contributed by atoms with Crippen LogP contribution in [0.4, 0.5) is 13.6 Å². The van der Waals surface area contributed by atoms with Gasteiger partial charge in [0, 0.05) is 0 Å². The number of amides is 3. The van der Waals surface area contributed by atoms with Crippen molar-refractivity contribution in [1.82, 2.24) is 10.2 Å². The average molecular weight is 370 g/mol. The molecule has 1 aromatic carbocycles. The molecule has 8 nitrogen and oxygen atoms in total. The minimum absolute atomic E-state index is 0.121. The van der Waals surface area contributed by atoms with Gasteiger partial charge >= 0.3 is 18.3 Å². The average Bonchev–Trinajstić information content (AvgIpc) is 2.84. The minimum atomic E-state index is -3.75. The van der Waals surface area contributed by atoms with Crippen molar-refractivity contribution in [3.05, 3.63) is 23.8 Å². The summed E-state index contributed by atoms with van der Waals surface area (Å²) in [6, 6.07) is 1.48. The van der Waals surface area contributed by atoms with E-state index in [1.807, 2.05) is 6.92 Å². The molecule has 2 N–H and O–H groups in total. The van der Waals surface area contributed by atoms with Gasteiger partial charge in [-0.05, 0) is 24.1 Å². The van der Waals surface area contributed by atoms with Gasteiger partial charge in [-0.3, -0.25) is 4.79 Å². The largest absolute Gasteiger partial charge is 0.586 e. The molecule has 2 unspecified atom stereocenters. The Hall–Kier alpha value is -2.91. The Kier molecular flexibility index (Phi) is 4.43. The molecule has 0 bridgehead atoms. The van der Waals surface area contributed by atoms with Gasteiger partial charge in [0.1, 0.15) is 6.04 Å². The first-order chi connectivity index (χ1) is 12.2. The van der Waals surface area contributed by atoms with Gasteiger partial charge in [0.15, 0.2) is 11.5 Å². The van der Waals surface area contributed by atoms with E-state index in [0.29, 0.717) is 23.3 Å². The zero-order chi connectivity index (χ0) is 19.1. The van der Waals surface area contributed by atoms with E-state index < -0.39 is 36.3 Å². The molecule has 10 heteroatoms. The number of rotatable bonds is 5. The summed E-state index contributed by atoms with van der Waals surface area (Å²) >= 11 is 0.